The number of anilines is 1. The fourth-order valence-electron chi connectivity index (χ4n) is 4.45. The number of rotatable bonds is 7. The van der Waals surface area contributed by atoms with Crippen LogP contribution in [-0.4, -0.2) is 44.6 Å². The summed E-state index contributed by atoms with van der Waals surface area (Å²) in [6, 6.07) is 11.3. The normalized spacial score (nSPS) is 21.9. The number of carbonyl (C=O) groups excluding carboxylic acids is 3. The van der Waals surface area contributed by atoms with Crippen LogP contribution < -0.4 is 10.6 Å². The smallest absolute Gasteiger partial charge is 0.323 e. The highest BCUT2D eigenvalue weighted by molar-refractivity contribution is 6.09. The second-order valence-corrected chi connectivity index (χ2v) is 8.64. The highest BCUT2D eigenvalue weighted by atomic mass is 16.2. The van der Waals surface area contributed by atoms with Crippen molar-refractivity contribution in [3.05, 3.63) is 48.2 Å². The van der Waals surface area contributed by atoms with Crippen molar-refractivity contribution in [1.29, 1.82) is 0 Å². The van der Waals surface area contributed by atoms with Crippen molar-refractivity contribution in [2.45, 2.75) is 63.5 Å². The third kappa shape index (κ3) is 4.62. The Bertz CT molecular complexity index is 951. The van der Waals surface area contributed by atoms with Crippen molar-refractivity contribution in [2.24, 2.45) is 0 Å². The van der Waals surface area contributed by atoms with Crippen LogP contribution in [0.4, 0.5) is 10.6 Å². The van der Waals surface area contributed by atoms with Gasteiger partial charge >= 0.3 is 6.03 Å². The second kappa shape index (κ2) is 8.91. The summed E-state index contributed by atoms with van der Waals surface area (Å²) in [5.41, 5.74) is 0.0785. The van der Waals surface area contributed by atoms with Crippen molar-refractivity contribution in [2.75, 3.05) is 11.9 Å². The third-order valence-electron chi connectivity index (χ3n) is 6.26. The molecule has 0 spiro atoms. The lowest BCUT2D eigenvalue weighted by molar-refractivity contribution is -0.133. The number of nitrogens with zero attached hydrogens (tertiary/aromatic N) is 3. The molecular weight excluding hydrogens is 394 g/mol. The van der Waals surface area contributed by atoms with Gasteiger partial charge in [-0.2, -0.15) is 5.10 Å². The number of nitrogens with one attached hydrogen (secondary N) is 2. The molecule has 1 saturated carbocycles. The zero-order valence-corrected chi connectivity index (χ0v) is 17.8. The molecule has 4 amide bonds. The fourth-order valence-corrected chi connectivity index (χ4v) is 4.45. The number of amides is 4. The number of benzene rings is 1. The molecule has 2 aromatic rings. The van der Waals surface area contributed by atoms with E-state index < -0.39 is 17.5 Å². The molecule has 0 radical (unpaired) electrons. The molecule has 164 valence electrons. The van der Waals surface area contributed by atoms with Crippen LogP contribution in [0.3, 0.4) is 0 Å². The minimum atomic E-state index is -1.02. The Hall–Kier alpha value is -3.16. The van der Waals surface area contributed by atoms with Crippen molar-refractivity contribution in [3.63, 3.8) is 0 Å². The summed E-state index contributed by atoms with van der Waals surface area (Å²) in [5, 5.41) is 9.97. The second-order valence-electron chi connectivity index (χ2n) is 8.64. The molecule has 2 fully saturated rings. The third-order valence-corrected chi connectivity index (χ3v) is 6.26. The standard InChI is InChI=1S/C23H29N5O3/c1-23(14-12-17-8-4-2-5-9-17)21(30)27(22(31)26-23)16-20(29)25-19-13-15-24-28(19)18-10-6-3-7-11-18/h2,4-5,8-9,13,15,18H,3,6-7,10-12,14,16H2,1H3,(H,25,29)(H,26,31)/t23-/m1/s1. The predicted molar refractivity (Wildman–Crippen MR) is 116 cm³/mol. The molecule has 31 heavy (non-hydrogen) atoms. The van der Waals surface area contributed by atoms with E-state index in [9.17, 15) is 14.4 Å². The van der Waals surface area contributed by atoms with Crippen molar-refractivity contribution in [1.82, 2.24) is 20.0 Å². The lowest BCUT2D eigenvalue weighted by atomic mass is 9.93. The van der Waals surface area contributed by atoms with Crippen molar-refractivity contribution < 1.29 is 14.4 Å². The molecule has 1 atom stereocenters. The number of urea groups is 1. The quantitative estimate of drug-likeness (QED) is 0.668. The first-order valence-corrected chi connectivity index (χ1v) is 11.0. The van der Waals surface area contributed by atoms with Gasteiger partial charge in [-0.15, -0.1) is 0 Å². The Morgan fingerprint density at radius 2 is 1.90 bits per heavy atom. The molecule has 1 aromatic heterocycles. The monoisotopic (exact) mass is 423 g/mol. The Kier molecular flexibility index (Phi) is 6.06. The first-order valence-electron chi connectivity index (χ1n) is 11.0. The summed E-state index contributed by atoms with van der Waals surface area (Å²) < 4.78 is 1.85. The van der Waals surface area contributed by atoms with Gasteiger partial charge < -0.3 is 10.6 Å². The van der Waals surface area contributed by atoms with E-state index in [4.69, 9.17) is 0 Å². The number of hydrogen-bond acceptors (Lipinski definition) is 4. The van der Waals surface area contributed by atoms with Gasteiger partial charge in [0.15, 0.2) is 0 Å². The molecule has 4 rings (SSSR count). The highest BCUT2D eigenvalue weighted by Crippen LogP contribution is 2.30. The largest absolute Gasteiger partial charge is 0.325 e. The predicted octanol–water partition coefficient (Wildman–Crippen LogP) is 3.27. The van der Waals surface area contributed by atoms with E-state index in [-0.39, 0.29) is 18.5 Å². The Balaban J connectivity index is 1.37. The van der Waals surface area contributed by atoms with Crippen LogP contribution in [0.1, 0.15) is 57.1 Å². The molecule has 0 bridgehead atoms. The lowest BCUT2D eigenvalue weighted by Gasteiger charge is -2.24. The Morgan fingerprint density at radius 1 is 1.16 bits per heavy atom. The van der Waals surface area contributed by atoms with Gasteiger partial charge in [0.05, 0.1) is 12.2 Å². The van der Waals surface area contributed by atoms with Crippen LogP contribution in [0.25, 0.3) is 0 Å². The maximum absolute atomic E-state index is 13.0. The van der Waals surface area contributed by atoms with Gasteiger partial charge in [0.25, 0.3) is 5.91 Å². The Morgan fingerprint density at radius 3 is 2.65 bits per heavy atom. The number of aryl methyl sites for hydroxylation is 1. The van der Waals surface area contributed by atoms with Crippen molar-refractivity contribution in [3.8, 4) is 0 Å². The fraction of sp³-hybridized carbons (Fsp3) is 0.478. The van der Waals surface area contributed by atoms with Crippen LogP contribution in [0, 0.1) is 0 Å². The van der Waals surface area contributed by atoms with Gasteiger partial charge in [0.1, 0.15) is 17.9 Å². The summed E-state index contributed by atoms with van der Waals surface area (Å²) in [6.45, 7) is 1.40. The van der Waals surface area contributed by atoms with Crippen LogP contribution in [0.15, 0.2) is 42.6 Å². The van der Waals surface area contributed by atoms with E-state index in [0.717, 1.165) is 36.1 Å². The molecule has 2 heterocycles. The number of hydrogen-bond donors (Lipinski definition) is 2. The molecule has 1 aromatic carbocycles. The van der Waals surface area contributed by atoms with Gasteiger partial charge in [-0.1, -0.05) is 49.6 Å². The molecule has 1 aliphatic heterocycles. The maximum Gasteiger partial charge on any atom is 0.325 e. The minimum absolute atomic E-state index is 0.275. The molecule has 8 heteroatoms. The van der Waals surface area contributed by atoms with Gasteiger partial charge in [-0.3, -0.25) is 14.5 Å². The van der Waals surface area contributed by atoms with E-state index >= 15 is 0 Å². The highest BCUT2D eigenvalue weighted by Gasteiger charge is 2.47. The zero-order valence-electron chi connectivity index (χ0n) is 17.8. The summed E-state index contributed by atoms with van der Waals surface area (Å²) in [4.78, 5) is 39.1. The number of imide groups is 1. The average molecular weight is 424 g/mol. The van der Waals surface area contributed by atoms with E-state index in [1.807, 2.05) is 35.0 Å². The summed E-state index contributed by atoms with van der Waals surface area (Å²) in [7, 11) is 0. The molecule has 2 aliphatic rings. The molecule has 0 unspecified atom stereocenters. The SMILES string of the molecule is C[C@]1(CCc2ccccc2)NC(=O)N(CC(=O)Nc2ccnn2C2CCCCC2)C1=O. The minimum Gasteiger partial charge on any atom is -0.323 e. The summed E-state index contributed by atoms with van der Waals surface area (Å²) in [5.74, 6) is -0.173. The van der Waals surface area contributed by atoms with Crippen LogP contribution >= 0.6 is 0 Å². The van der Waals surface area contributed by atoms with Gasteiger partial charge in [0, 0.05) is 6.07 Å². The van der Waals surface area contributed by atoms with Gasteiger partial charge in [-0.05, 0) is 38.2 Å². The van der Waals surface area contributed by atoms with E-state index in [1.54, 1.807) is 19.2 Å². The number of carbonyl (C=O) groups is 3. The van der Waals surface area contributed by atoms with Crippen LogP contribution in [-0.2, 0) is 16.0 Å². The molecule has 2 N–H and O–H groups in total. The van der Waals surface area contributed by atoms with Crippen LogP contribution in [0.5, 0.6) is 0 Å². The first-order chi connectivity index (χ1) is 15.0. The van der Waals surface area contributed by atoms with Gasteiger partial charge in [-0.25, -0.2) is 9.48 Å². The molecule has 1 saturated heterocycles. The summed E-state index contributed by atoms with van der Waals surface area (Å²) in [6.07, 6.45) is 8.41. The maximum atomic E-state index is 13.0. The van der Waals surface area contributed by atoms with E-state index in [0.29, 0.717) is 18.7 Å². The van der Waals surface area contributed by atoms with E-state index in [1.165, 1.54) is 6.42 Å². The molecule has 8 nitrogen and oxygen atoms in total. The number of aromatic nitrogens is 2. The molecule has 1 aliphatic carbocycles. The first kappa shape index (κ1) is 21.1. The summed E-state index contributed by atoms with van der Waals surface area (Å²) >= 11 is 0. The van der Waals surface area contributed by atoms with Crippen LogP contribution in [0.2, 0.25) is 0 Å². The Labute approximate surface area is 182 Å². The van der Waals surface area contributed by atoms with Gasteiger partial charge in [0.2, 0.25) is 5.91 Å². The van der Waals surface area contributed by atoms with Crippen molar-refractivity contribution >= 4 is 23.7 Å². The zero-order chi connectivity index (χ0) is 21.8. The molecular formula is C23H29N5O3. The average Bonchev–Trinajstić information content (AvgIpc) is 3.32. The lowest BCUT2D eigenvalue weighted by Crippen LogP contribution is -2.45. The van der Waals surface area contributed by atoms with E-state index in [2.05, 4.69) is 15.7 Å². The topological polar surface area (TPSA) is 96.3 Å².